The summed E-state index contributed by atoms with van der Waals surface area (Å²) in [6, 6.07) is 7.05. The molecular formula is C15H14N8O2. The molecule has 2 aromatic heterocycles. The Bertz CT molecular complexity index is 834. The molecule has 0 radical (unpaired) electrons. The lowest BCUT2D eigenvalue weighted by atomic mass is 10.2. The Morgan fingerprint density at radius 3 is 2.64 bits per heavy atom. The zero-order chi connectivity index (χ0) is 17.5. The van der Waals surface area contributed by atoms with Gasteiger partial charge in [0.15, 0.2) is 0 Å². The predicted octanol–water partition coefficient (Wildman–Crippen LogP) is 0.211. The van der Waals surface area contributed by atoms with E-state index in [0.717, 1.165) is 5.69 Å². The molecule has 0 bridgehead atoms. The Morgan fingerprint density at radius 1 is 1.12 bits per heavy atom. The van der Waals surface area contributed by atoms with Crippen LogP contribution in [0.15, 0.2) is 49.2 Å². The van der Waals surface area contributed by atoms with Crippen molar-refractivity contribution >= 4 is 17.5 Å². The molecular weight excluding hydrogens is 324 g/mol. The van der Waals surface area contributed by atoms with Crippen LogP contribution in [0.2, 0.25) is 0 Å². The third kappa shape index (κ3) is 4.41. The van der Waals surface area contributed by atoms with Gasteiger partial charge in [0.25, 0.3) is 5.91 Å². The Morgan fingerprint density at radius 2 is 1.96 bits per heavy atom. The molecule has 126 valence electrons. The first-order chi connectivity index (χ1) is 12.2. The average molecular weight is 338 g/mol. The molecule has 25 heavy (non-hydrogen) atoms. The van der Waals surface area contributed by atoms with Crippen LogP contribution in [0.1, 0.15) is 16.9 Å². The van der Waals surface area contributed by atoms with E-state index in [9.17, 15) is 9.59 Å². The van der Waals surface area contributed by atoms with Crippen molar-refractivity contribution in [3.05, 3.63) is 54.9 Å². The van der Waals surface area contributed by atoms with E-state index in [-0.39, 0.29) is 30.5 Å². The molecule has 0 atom stereocenters. The summed E-state index contributed by atoms with van der Waals surface area (Å²) in [4.78, 5) is 31.4. The lowest BCUT2D eigenvalue weighted by Crippen LogP contribution is -2.28. The van der Waals surface area contributed by atoms with Crippen molar-refractivity contribution in [3.63, 3.8) is 0 Å². The fourth-order valence-electron chi connectivity index (χ4n) is 2.00. The maximum atomic E-state index is 11.9. The molecule has 3 aromatic rings. The summed E-state index contributed by atoms with van der Waals surface area (Å²) in [5.74, 6) is -0.582. The minimum atomic E-state index is -0.369. The standard InChI is InChI=1S/C15H14N8O2/c24-14(5-6-18-15(25)13-9-16-7-8-17-13)20-11-1-3-12(4-2-11)23-10-19-21-22-23/h1-4,7-10H,5-6H2,(H,18,25)(H,20,24). The second-order valence-corrected chi connectivity index (χ2v) is 4.95. The monoisotopic (exact) mass is 338 g/mol. The number of nitrogens with zero attached hydrogens (tertiary/aromatic N) is 6. The zero-order valence-electron chi connectivity index (χ0n) is 13.0. The summed E-state index contributed by atoms with van der Waals surface area (Å²) < 4.78 is 1.51. The molecule has 0 aliphatic rings. The van der Waals surface area contributed by atoms with Gasteiger partial charge in [0, 0.05) is 31.0 Å². The van der Waals surface area contributed by atoms with E-state index in [1.807, 2.05) is 0 Å². The molecule has 0 saturated carbocycles. The van der Waals surface area contributed by atoms with Crippen LogP contribution in [0.5, 0.6) is 0 Å². The van der Waals surface area contributed by atoms with Gasteiger partial charge in [-0.25, -0.2) is 9.67 Å². The summed E-state index contributed by atoms with van der Waals surface area (Å²) in [6.45, 7) is 0.198. The van der Waals surface area contributed by atoms with Crippen molar-refractivity contribution in [2.75, 3.05) is 11.9 Å². The number of benzene rings is 1. The molecule has 1 aromatic carbocycles. The number of carbonyl (C=O) groups excluding carboxylic acids is 2. The SMILES string of the molecule is O=C(CCNC(=O)c1cnccn1)Nc1ccc(-n2cnnn2)cc1. The van der Waals surface area contributed by atoms with E-state index in [0.29, 0.717) is 5.69 Å². The van der Waals surface area contributed by atoms with E-state index in [1.165, 1.54) is 29.6 Å². The van der Waals surface area contributed by atoms with Gasteiger partial charge in [-0.2, -0.15) is 0 Å². The Balaban J connectivity index is 1.45. The third-order valence-corrected chi connectivity index (χ3v) is 3.20. The number of hydrogen-bond acceptors (Lipinski definition) is 7. The summed E-state index contributed by atoms with van der Waals surface area (Å²) in [5, 5.41) is 16.3. The van der Waals surface area contributed by atoms with Crippen LogP contribution < -0.4 is 10.6 Å². The smallest absolute Gasteiger partial charge is 0.271 e. The summed E-state index contributed by atoms with van der Waals surface area (Å²) in [7, 11) is 0. The quantitative estimate of drug-likeness (QED) is 0.657. The highest BCUT2D eigenvalue weighted by molar-refractivity contribution is 5.93. The topological polar surface area (TPSA) is 128 Å². The number of anilines is 1. The number of hydrogen-bond donors (Lipinski definition) is 2. The van der Waals surface area contributed by atoms with Gasteiger partial charge in [0.1, 0.15) is 12.0 Å². The molecule has 0 aliphatic heterocycles. The summed E-state index contributed by atoms with van der Waals surface area (Å²) in [6.07, 6.45) is 5.89. The third-order valence-electron chi connectivity index (χ3n) is 3.20. The van der Waals surface area contributed by atoms with Gasteiger partial charge < -0.3 is 10.6 Å². The number of nitrogens with one attached hydrogen (secondary N) is 2. The average Bonchev–Trinajstić information content (AvgIpc) is 3.18. The van der Waals surface area contributed by atoms with E-state index in [4.69, 9.17) is 0 Å². The van der Waals surface area contributed by atoms with Gasteiger partial charge in [0.2, 0.25) is 5.91 Å². The number of amides is 2. The first kappa shape index (κ1) is 16.2. The molecule has 2 heterocycles. The van der Waals surface area contributed by atoms with Crippen molar-refractivity contribution in [1.82, 2.24) is 35.5 Å². The van der Waals surface area contributed by atoms with E-state index >= 15 is 0 Å². The van der Waals surface area contributed by atoms with E-state index in [1.54, 1.807) is 24.3 Å². The van der Waals surface area contributed by atoms with E-state index < -0.39 is 0 Å². The van der Waals surface area contributed by atoms with Crippen molar-refractivity contribution < 1.29 is 9.59 Å². The molecule has 0 aliphatic carbocycles. The Hall–Kier alpha value is -3.69. The number of aromatic nitrogens is 6. The van der Waals surface area contributed by atoms with Crippen LogP contribution in [-0.4, -0.2) is 48.5 Å². The van der Waals surface area contributed by atoms with Crippen molar-refractivity contribution in [1.29, 1.82) is 0 Å². The molecule has 2 amide bonds. The lowest BCUT2D eigenvalue weighted by molar-refractivity contribution is -0.116. The summed E-state index contributed by atoms with van der Waals surface area (Å²) >= 11 is 0. The molecule has 10 heteroatoms. The van der Waals surface area contributed by atoms with Crippen LogP contribution in [0.4, 0.5) is 5.69 Å². The minimum Gasteiger partial charge on any atom is -0.350 e. The fraction of sp³-hybridized carbons (Fsp3) is 0.133. The zero-order valence-corrected chi connectivity index (χ0v) is 13.0. The Labute approximate surface area is 142 Å². The second-order valence-electron chi connectivity index (χ2n) is 4.95. The van der Waals surface area contributed by atoms with Gasteiger partial charge in [0.05, 0.1) is 11.9 Å². The van der Waals surface area contributed by atoms with Gasteiger partial charge in [-0.1, -0.05) is 0 Å². The van der Waals surface area contributed by atoms with Crippen molar-refractivity contribution in [2.24, 2.45) is 0 Å². The Kier molecular flexibility index (Phi) is 5.00. The molecule has 0 fully saturated rings. The van der Waals surface area contributed by atoms with Crippen LogP contribution in [-0.2, 0) is 4.79 Å². The summed E-state index contributed by atoms with van der Waals surface area (Å²) in [5.41, 5.74) is 1.63. The highest BCUT2D eigenvalue weighted by Crippen LogP contribution is 2.12. The van der Waals surface area contributed by atoms with Crippen LogP contribution in [0.25, 0.3) is 5.69 Å². The molecule has 0 spiro atoms. The maximum Gasteiger partial charge on any atom is 0.271 e. The first-order valence-corrected chi connectivity index (χ1v) is 7.40. The molecule has 2 N–H and O–H groups in total. The molecule has 0 saturated heterocycles. The molecule has 3 rings (SSSR count). The molecule has 10 nitrogen and oxygen atoms in total. The lowest BCUT2D eigenvalue weighted by Gasteiger charge is -2.07. The number of carbonyl (C=O) groups is 2. The van der Waals surface area contributed by atoms with Gasteiger partial charge in [-0.15, -0.1) is 5.10 Å². The van der Waals surface area contributed by atoms with E-state index in [2.05, 4.69) is 36.1 Å². The maximum absolute atomic E-state index is 11.9. The first-order valence-electron chi connectivity index (χ1n) is 7.40. The molecule has 0 unspecified atom stereocenters. The fourth-order valence-corrected chi connectivity index (χ4v) is 2.00. The van der Waals surface area contributed by atoms with Crippen LogP contribution in [0.3, 0.4) is 0 Å². The normalized spacial score (nSPS) is 10.2. The highest BCUT2D eigenvalue weighted by Gasteiger charge is 2.08. The predicted molar refractivity (Wildman–Crippen MR) is 86.8 cm³/mol. The van der Waals surface area contributed by atoms with Gasteiger partial charge in [-0.05, 0) is 34.7 Å². The largest absolute Gasteiger partial charge is 0.350 e. The van der Waals surface area contributed by atoms with Crippen molar-refractivity contribution in [3.8, 4) is 5.69 Å². The number of tetrazole rings is 1. The number of rotatable bonds is 6. The van der Waals surface area contributed by atoms with Crippen LogP contribution in [0, 0.1) is 0 Å². The van der Waals surface area contributed by atoms with Gasteiger partial charge in [-0.3, -0.25) is 14.6 Å². The highest BCUT2D eigenvalue weighted by atomic mass is 16.2. The van der Waals surface area contributed by atoms with Crippen molar-refractivity contribution in [2.45, 2.75) is 6.42 Å². The second kappa shape index (κ2) is 7.73. The minimum absolute atomic E-state index is 0.140. The van der Waals surface area contributed by atoms with Gasteiger partial charge >= 0.3 is 0 Å². The van der Waals surface area contributed by atoms with Crippen LogP contribution >= 0.6 is 0 Å².